The van der Waals surface area contributed by atoms with Crippen LogP contribution < -0.4 is 10.9 Å². The first-order valence-electron chi connectivity index (χ1n) is 10.8. The highest BCUT2D eigenvalue weighted by atomic mass is 16.2. The molecule has 2 aromatic carbocycles. The summed E-state index contributed by atoms with van der Waals surface area (Å²) in [6.45, 7) is 5.72. The minimum absolute atomic E-state index is 0.188. The second-order valence-corrected chi connectivity index (χ2v) is 8.25. The molecule has 33 heavy (non-hydrogen) atoms. The fourth-order valence-electron chi connectivity index (χ4n) is 4.01. The van der Waals surface area contributed by atoms with Gasteiger partial charge in [0.15, 0.2) is 5.69 Å². The molecule has 0 spiro atoms. The van der Waals surface area contributed by atoms with E-state index in [1.165, 1.54) is 4.68 Å². The topological polar surface area (TPSA) is 81.3 Å². The molecule has 0 radical (unpaired) electrons. The number of aryl methyl sites for hydroxylation is 1. The number of imidazole rings is 1. The lowest BCUT2D eigenvalue weighted by Gasteiger charge is -2.14. The lowest BCUT2D eigenvalue weighted by Crippen LogP contribution is -2.29. The van der Waals surface area contributed by atoms with Crippen molar-refractivity contribution in [2.24, 2.45) is 0 Å². The third-order valence-electron chi connectivity index (χ3n) is 5.66. The summed E-state index contributed by atoms with van der Waals surface area (Å²) in [7, 11) is 0. The molecule has 164 valence electrons. The summed E-state index contributed by atoms with van der Waals surface area (Å²) in [4.78, 5) is 31.3. The summed E-state index contributed by atoms with van der Waals surface area (Å²) in [5, 5.41) is 8.46. The highest BCUT2D eigenvalue weighted by Gasteiger charge is 2.22. The monoisotopic (exact) mass is 437 g/mol. The van der Waals surface area contributed by atoms with E-state index in [9.17, 15) is 9.59 Å². The summed E-state index contributed by atoms with van der Waals surface area (Å²) in [6.07, 6.45) is 1.87. The normalized spacial score (nSPS) is 11.4. The molecular weight excluding hydrogens is 414 g/mol. The molecule has 0 aliphatic carbocycles. The van der Waals surface area contributed by atoms with Crippen molar-refractivity contribution in [2.45, 2.75) is 26.8 Å². The number of rotatable bonds is 4. The highest BCUT2D eigenvalue weighted by molar-refractivity contribution is 6.12. The Balaban J connectivity index is 1.70. The Bertz CT molecular complexity index is 1570. The molecule has 0 atom stereocenters. The van der Waals surface area contributed by atoms with Crippen LogP contribution in [-0.4, -0.2) is 25.1 Å². The van der Waals surface area contributed by atoms with Gasteiger partial charge < -0.3 is 5.32 Å². The van der Waals surface area contributed by atoms with Crippen molar-refractivity contribution < 1.29 is 4.79 Å². The molecule has 0 saturated heterocycles. The Morgan fingerprint density at radius 3 is 2.36 bits per heavy atom. The first kappa shape index (κ1) is 20.6. The molecule has 0 fully saturated rings. The highest BCUT2D eigenvalue weighted by Crippen LogP contribution is 2.30. The number of hydrogen-bond acceptors (Lipinski definition) is 4. The van der Waals surface area contributed by atoms with Crippen LogP contribution in [0.25, 0.3) is 27.7 Å². The summed E-state index contributed by atoms with van der Waals surface area (Å²) in [6, 6.07) is 20.5. The van der Waals surface area contributed by atoms with Crippen molar-refractivity contribution >= 4 is 28.1 Å². The van der Waals surface area contributed by atoms with Gasteiger partial charge in [0, 0.05) is 17.1 Å². The molecular formula is C26H23N5O2. The van der Waals surface area contributed by atoms with E-state index in [1.807, 2.05) is 73.8 Å². The summed E-state index contributed by atoms with van der Waals surface area (Å²) in [5.74, 6) is 0.152. The summed E-state index contributed by atoms with van der Waals surface area (Å²) >= 11 is 0. The second-order valence-electron chi connectivity index (χ2n) is 8.25. The molecule has 0 saturated carbocycles. The number of amides is 1. The van der Waals surface area contributed by atoms with Crippen LogP contribution in [-0.2, 0) is 0 Å². The van der Waals surface area contributed by atoms with Crippen LogP contribution in [0.5, 0.6) is 0 Å². The van der Waals surface area contributed by atoms with Gasteiger partial charge in [0.2, 0.25) is 0 Å². The van der Waals surface area contributed by atoms with E-state index in [4.69, 9.17) is 4.98 Å². The van der Waals surface area contributed by atoms with Crippen LogP contribution in [0.2, 0.25) is 0 Å². The van der Waals surface area contributed by atoms with Gasteiger partial charge in [-0.3, -0.25) is 14.0 Å². The fourth-order valence-corrected chi connectivity index (χ4v) is 4.01. The third kappa shape index (κ3) is 3.47. The second kappa shape index (κ2) is 8.02. The average Bonchev–Trinajstić information content (AvgIpc) is 3.19. The minimum Gasteiger partial charge on any atom is -0.304 e. The number of hydrogen-bond donors (Lipinski definition) is 1. The van der Waals surface area contributed by atoms with Gasteiger partial charge in [-0.15, -0.1) is 0 Å². The Morgan fingerprint density at radius 1 is 0.939 bits per heavy atom. The van der Waals surface area contributed by atoms with Crippen LogP contribution in [0.15, 0.2) is 77.7 Å². The Labute approximate surface area is 190 Å². The van der Waals surface area contributed by atoms with E-state index >= 15 is 0 Å². The number of anilines is 1. The first-order chi connectivity index (χ1) is 16.0. The maximum atomic E-state index is 13.6. The third-order valence-corrected chi connectivity index (χ3v) is 5.66. The number of aromatic nitrogens is 4. The van der Waals surface area contributed by atoms with Gasteiger partial charge in [0.25, 0.3) is 11.5 Å². The zero-order valence-electron chi connectivity index (χ0n) is 18.6. The standard InChI is InChI=1S/C26H23N5O2/c1-16(2)31-26(33)20-14-8-7-13-19(20)22(29-31)25(32)28-24-21(18-11-5-4-6-12-18)27-23-17(3)10-9-15-30(23)24/h4-16H,1-3H3,(H,28,32). The molecule has 0 aliphatic heterocycles. The molecule has 3 heterocycles. The SMILES string of the molecule is Cc1cccn2c(NC(=O)c3nn(C(C)C)c(=O)c4ccccc34)c(-c3ccccc3)nc12. The van der Waals surface area contributed by atoms with E-state index in [1.54, 1.807) is 24.3 Å². The van der Waals surface area contributed by atoms with Gasteiger partial charge in [-0.05, 0) is 38.5 Å². The minimum atomic E-state index is -0.402. The Kier molecular flexibility index (Phi) is 5.01. The van der Waals surface area contributed by atoms with Crippen LogP contribution in [0.1, 0.15) is 35.9 Å². The smallest absolute Gasteiger partial charge is 0.277 e. The van der Waals surface area contributed by atoms with E-state index in [0.29, 0.717) is 22.3 Å². The van der Waals surface area contributed by atoms with Gasteiger partial charge in [-0.25, -0.2) is 9.67 Å². The molecule has 0 bridgehead atoms. The van der Waals surface area contributed by atoms with Crippen molar-refractivity contribution in [1.29, 1.82) is 0 Å². The van der Waals surface area contributed by atoms with E-state index < -0.39 is 5.91 Å². The molecule has 1 amide bonds. The first-order valence-corrected chi connectivity index (χ1v) is 10.8. The quantitative estimate of drug-likeness (QED) is 0.436. The van der Waals surface area contributed by atoms with Crippen LogP contribution in [0.4, 0.5) is 5.82 Å². The van der Waals surface area contributed by atoms with Crippen LogP contribution in [0, 0.1) is 6.92 Å². The Morgan fingerprint density at radius 2 is 1.64 bits per heavy atom. The number of nitrogens with one attached hydrogen (secondary N) is 1. The molecule has 7 heteroatoms. The number of fused-ring (bicyclic) bond motifs is 2. The zero-order chi connectivity index (χ0) is 23.1. The lowest BCUT2D eigenvalue weighted by atomic mass is 10.1. The van der Waals surface area contributed by atoms with Crippen molar-refractivity contribution in [2.75, 3.05) is 5.32 Å². The molecule has 7 nitrogen and oxygen atoms in total. The van der Waals surface area contributed by atoms with Gasteiger partial charge in [-0.1, -0.05) is 54.6 Å². The van der Waals surface area contributed by atoms with Crippen LogP contribution in [0.3, 0.4) is 0 Å². The fraction of sp³-hybridized carbons (Fsp3) is 0.154. The maximum Gasteiger partial charge on any atom is 0.277 e. The molecule has 5 aromatic rings. The van der Waals surface area contributed by atoms with Crippen molar-refractivity contribution in [3.05, 3.63) is 94.5 Å². The van der Waals surface area contributed by atoms with Gasteiger partial charge in [-0.2, -0.15) is 5.10 Å². The van der Waals surface area contributed by atoms with Gasteiger partial charge in [0.05, 0.1) is 11.4 Å². The molecule has 3 aromatic heterocycles. The predicted molar refractivity (Wildman–Crippen MR) is 130 cm³/mol. The van der Waals surface area contributed by atoms with E-state index in [2.05, 4.69) is 10.4 Å². The average molecular weight is 438 g/mol. The summed E-state index contributed by atoms with van der Waals surface area (Å²) < 4.78 is 3.23. The lowest BCUT2D eigenvalue weighted by molar-refractivity contribution is 0.102. The van der Waals surface area contributed by atoms with Crippen molar-refractivity contribution in [1.82, 2.24) is 19.2 Å². The number of benzene rings is 2. The van der Waals surface area contributed by atoms with Crippen molar-refractivity contribution in [3.63, 3.8) is 0 Å². The Hall–Kier alpha value is -4.26. The zero-order valence-corrected chi connectivity index (χ0v) is 18.6. The number of carbonyl (C=O) groups is 1. The molecule has 0 aliphatic rings. The van der Waals surface area contributed by atoms with Crippen molar-refractivity contribution in [3.8, 4) is 11.3 Å². The maximum absolute atomic E-state index is 13.6. The molecule has 5 rings (SSSR count). The predicted octanol–water partition coefficient (Wildman–Crippen LogP) is 4.85. The molecule has 0 unspecified atom stereocenters. The van der Waals surface area contributed by atoms with Gasteiger partial charge in [0.1, 0.15) is 17.2 Å². The largest absolute Gasteiger partial charge is 0.304 e. The summed E-state index contributed by atoms with van der Waals surface area (Å²) in [5.41, 5.74) is 3.29. The molecule has 1 N–H and O–H groups in total. The van der Waals surface area contributed by atoms with E-state index in [0.717, 1.165) is 16.8 Å². The number of pyridine rings is 1. The van der Waals surface area contributed by atoms with E-state index in [-0.39, 0.29) is 17.3 Å². The number of nitrogens with zero attached hydrogens (tertiary/aromatic N) is 4. The van der Waals surface area contributed by atoms with Crippen LogP contribution >= 0.6 is 0 Å². The van der Waals surface area contributed by atoms with Gasteiger partial charge >= 0.3 is 0 Å². The number of carbonyl (C=O) groups excluding carboxylic acids is 1.